The fourth-order valence-electron chi connectivity index (χ4n) is 1.86. The molecule has 0 fully saturated rings. The Labute approximate surface area is 126 Å². The van der Waals surface area contributed by atoms with Gasteiger partial charge in [-0.1, -0.05) is 18.2 Å². The Hall–Kier alpha value is -1.17. The smallest absolute Gasteiger partial charge is 0.120 e. The van der Waals surface area contributed by atoms with Gasteiger partial charge in [-0.05, 0) is 23.8 Å². The molecule has 4 heteroatoms. The van der Waals surface area contributed by atoms with E-state index in [9.17, 15) is 0 Å². The minimum absolute atomic E-state index is 0. The number of ether oxygens (including phenoxy) is 1. The van der Waals surface area contributed by atoms with E-state index in [0.29, 0.717) is 6.17 Å². The molecule has 1 heterocycles. The second kappa shape index (κ2) is 6.68. The Morgan fingerprint density at radius 2 is 1.61 bits per heavy atom. The molecular formula is C14H19IN2O. The fraction of sp³-hybridized carbons (Fsp3) is 0.286. The number of halogens is 1. The first-order valence-electron chi connectivity index (χ1n) is 5.65. The fourth-order valence-corrected chi connectivity index (χ4v) is 1.86. The molecule has 0 radical (unpaired) electrons. The van der Waals surface area contributed by atoms with Crippen LogP contribution in [0.25, 0.3) is 6.08 Å². The molecule has 3 nitrogen and oxygen atoms in total. The van der Waals surface area contributed by atoms with Gasteiger partial charge in [-0.2, -0.15) is 0 Å². The Bertz CT molecular complexity index is 416. The zero-order chi connectivity index (χ0) is 12.3. The van der Waals surface area contributed by atoms with Gasteiger partial charge >= 0.3 is 0 Å². The molecule has 0 aromatic heterocycles. The highest BCUT2D eigenvalue weighted by Gasteiger charge is 2.16. The molecule has 0 aliphatic carbocycles. The summed E-state index contributed by atoms with van der Waals surface area (Å²) in [6, 6.07) is 8.05. The first-order chi connectivity index (χ1) is 8.20. The third-order valence-electron chi connectivity index (χ3n) is 2.95. The van der Waals surface area contributed by atoms with Crippen LogP contribution in [-0.2, 0) is 0 Å². The van der Waals surface area contributed by atoms with E-state index in [1.54, 1.807) is 7.11 Å². The summed E-state index contributed by atoms with van der Waals surface area (Å²) in [6.07, 6.45) is 8.76. The van der Waals surface area contributed by atoms with Gasteiger partial charge in [-0.3, -0.25) is 0 Å². The molecule has 0 saturated carbocycles. The lowest BCUT2D eigenvalue weighted by Gasteiger charge is -2.24. The molecule has 1 aliphatic heterocycles. The summed E-state index contributed by atoms with van der Waals surface area (Å²) in [4.78, 5) is 4.33. The van der Waals surface area contributed by atoms with Crippen molar-refractivity contribution >= 4 is 30.1 Å². The SMILES string of the molecule is COc1ccc(C=CC2N(C)C=CN2C)cc1.I. The molecular weight excluding hydrogens is 339 g/mol. The number of hydrogen-bond donors (Lipinski definition) is 0. The zero-order valence-corrected chi connectivity index (χ0v) is 13.2. The number of nitrogens with zero attached hydrogens (tertiary/aromatic N) is 2. The third-order valence-corrected chi connectivity index (χ3v) is 2.95. The molecule has 98 valence electrons. The summed E-state index contributed by atoms with van der Waals surface area (Å²) in [5, 5.41) is 0. The maximum atomic E-state index is 5.13. The Morgan fingerprint density at radius 1 is 1.06 bits per heavy atom. The van der Waals surface area contributed by atoms with Gasteiger partial charge in [-0.25, -0.2) is 0 Å². The first-order valence-corrected chi connectivity index (χ1v) is 5.65. The maximum absolute atomic E-state index is 5.13. The van der Waals surface area contributed by atoms with Gasteiger partial charge in [0.2, 0.25) is 0 Å². The lowest BCUT2D eigenvalue weighted by atomic mass is 10.2. The third kappa shape index (κ3) is 3.41. The quantitative estimate of drug-likeness (QED) is 0.773. The first kappa shape index (κ1) is 14.9. The highest BCUT2D eigenvalue weighted by atomic mass is 127. The van der Waals surface area contributed by atoms with E-state index in [1.807, 2.05) is 12.1 Å². The van der Waals surface area contributed by atoms with Crippen LogP contribution in [0.2, 0.25) is 0 Å². The Kier molecular flexibility index (Phi) is 5.53. The van der Waals surface area contributed by atoms with Crippen LogP contribution in [0.5, 0.6) is 5.75 Å². The molecule has 1 aromatic rings. The minimum Gasteiger partial charge on any atom is -0.497 e. The van der Waals surface area contributed by atoms with E-state index in [2.05, 4.69) is 60.6 Å². The van der Waals surface area contributed by atoms with Crippen LogP contribution in [0.1, 0.15) is 5.56 Å². The topological polar surface area (TPSA) is 15.7 Å². The van der Waals surface area contributed by atoms with Gasteiger partial charge in [0.15, 0.2) is 0 Å². The molecule has 0 unspecified atom stereocenters. The van der Waals surface area contributed by atoms with Gasteiger partial charge in [0.25, 0.3) is 0 Å². The highest BCUT2D eigenvalue weighted by molar-refractivity contribution is 14.0. The normalized spacial score (nSPS) is 15.3. The highest BCUT2D eigenvalue weighted by Crippen LogP contribution is 2.16. The summed E-state index contributed by atoms with van der Waals surface area (Å²) >= 11 is 0. The van der Waals surface area contributed by atoms with Crippen molar-refractivity contribution in [3.05, 3.63) is 48.3 Å². The lowest BCUT2D eigenvalue weighted by Crippen LogP contribution is -2.31. The van der Waals surface area contributed by atoms with Crippen molar-refractivity contribution < 1.29 is 4.74 Å². The maximum Gasteiger partial charge on any atom is 0.120 e. The van der Waals surface area contributed by atoms with Crippen molar-refractivity contribution in [1.82, 2.24) is 9.80 Å². The molecule has 18 heavy (non-hydrogen) atoms. The number of benzene rings is 1. The summed E-state index contributed by atoms with van der Waals surface area (Å²) in [5.74, 6) is 0.888. The number of hydrogen-bond acceptors (Lipinski definition) is 3. The average Bonchev–Trinajstić information content (AvgIpc) is 2.67. The lowest BCUT2D eigenvalue weighted by molar-refractivity contribution is 0.258. The molecule has 0 amide bonds. The van der Waals surface area contributed by atoms with Gasteiger partial charge in [0, 0.05) is 26.5 Å². The van der Waals surface area contributed by atoms with Crippen LogP contribution in [0.4, 0.5) is 0 Å². The van der Waals surface area contributed by atoms with Crippen LogP contribution in [0.3, 0.4) is 0 Å². The molecule has 1 aromatic carbocycles. The van der Waals surface area contributed by atoms with Gasteiger partial charge < -0.3 is 14.5 Å². The molecule has 1 aliphatic rings. The van der Waals surface area contributed by atoms with Crippen molar-refractivity contribution in [1.29, 1.82) is 0 Å². The van der Waals surface area contributed by atoms with Crippen molar-refractivity contribution in [3.63, 3.8) is 0 Å². The zero-order valence-electron chi connectivity index (χ0n) is 10.9. The minimum atomic E-state index is 0. The predicted molar refractivity (Wildman–Crippen MR) is 85.9 cm³/mol. The van der Waals surface area contributed by atoms with Crippen LogP contribution in [0.15, 0.2) is 42.7 Å². The van der Waals surface area contributed by atoms with E-state index in [1.165, 1.54) is 5.56 Å². The molecule has 0 N–H and O–H groups in total. The largest absolute Gasteiger partial charge is 0.497 e. The van der Waals surface area contributed by atoms with Gasteiger partial charge in [0.1, 0.15) is 11.9 Å². The second-order valence-corrected chi connectivity index (χ2v) is 4.17. The van der Waals surface area contributed by atoms with Crippen LogP contribution in [-0.4, -0.2) is 37.2 Å². The summed E-state index contributed by atoms with van der Waals surface area (Å²) in [5.41, 5.74) is 1.18. The predicted octanol–water partition coefficient (Wildman–Crippen LogP) is 3.00. The van der Waals surface area contributed by atoms with E-state index < -0.39 is 0 Å². The Balaban J connectivity index is 0.00000162. The van der Waals surface area contributed by atoms with Crippen molar-refractivity contribution in [3.8, 4) is 5.75 Å². The monoisotopic (exact) mass is 358 g/mol. The van der Waals surface area contributed by atoms with Crippen molar-refractivity contribution in [2.24, 2.45) is 0 Å². The van der Waals surface area contributed by atoms with E-state index in [4.69, 9.17) is 4.74 Å². The van der Waals surface area contributed by atoms with E-state index in [-0.39, 0.29) is 24.0 Å². The Morgan fingerprint density at radius 3 is 2.11 bits per heavy atom. The summed E-state index contributed by atoms with van der Waals surface area (Å²) in [6.45, 7) is 0. The van der Waals surface area contributed by atoms with Crippen LogP contribution < -0.4 is 4.74 Å². The molecule has 0 saturated heterocycles. The van der Waals surface area contributed by atoms with Crippen molar-refractivity contribution in [2.75, 3.05) is 21.2 Å². The second-order valence-electron chi connectivity index (χ2n) is 4.17. The van der Waals surface area contributed by atoms with Crippen LogP contribution >= 0.6 is 24.0 Å². The van der Waals surface area contributed by atoms with Gasteiger partial charge in [0.05, 0.1) is 7.11 Å². The standard InChI is InChI=1S/C14H18N2O.HI/c1-15-10-11-16(2)14(15)9-6-12-4-7-13(17-3)8-5-12;/h4-11,14H,1-3H3;1H. The number of rotatable bonds is 3. The van der Waals surface area contributed by atoms with E-state index in [0.717, 1.165) is 5.75 Å². The molecule has 0 bridgehead atoms. The number of likely N-dealkylation sites (N-methyl/N-ethyl adjacent to an activating group) is 2. The van der Waals surface area contributed by atoms with Crippen molar-refractivity contribution in [2.45, 2.75) is 6.17 Å². The van der Waals surface area contributed by atoms with Gasteiger partial charge in [-0.15, -0.1) is 24.0 Å². The summed E-state index contributed by atoms with van der Waals surface area (Å²) < 4.78 is 5.13. The van der Waals surface area contributed by atoms with E-state index >= 15 is 0 Å². The summed E-state index contributed by atoms with van der Waals surface area (Å²) in [7, 11) is 5.82. The number of methoxy groups -OCH3 is 1. The molecule has 2 rings (SSSR count). The van der Waals surface area contributed by atoms with Crippen LogP contribution in [0, 0.1) is 0 Å². The average molecular weight is 358 g/mol. The molecule has 0 atom stereocenters. The molecule has 0 spiro atoms.